The van der Waals surface area contributed by atoms with E-state index in [-0.39, 0.29) is 12.3 Å². The van der Waals surface area contributed by atoms with E-state index in [0.29, 0.717) is 44.2 Å². The Balaban J connectivity index is 1.83. The molecule has 1 aliphatic heterocycles. The van der Waals surface area contributed by atoms with Gasteiger partial charge in [-0.3, -0.25) is 19.6 Å². The molecule has 1 saturated heterocycles. The number of carbonyl (C=O) groups excluding carboxylic acids is 3. The number of hydrogen-bond donors (Lipinski definition) is 4. The summed E-state index contributed by atoms with van der Waals surface area (Å²) in [6.07, 6.45) is 4.56. The lowest BCUT2D eigenvalue weighted by Gasteiger charge is -2.25. The van der Waals surface area contributed by atoms with Crippen LogP contribution in [0.15, 0.2) is 30.3 Å². The van der Waals surface area contributed by atoms with Crippen molar-refractivity contribution in [3.8, 4) is 0 Å². The monoisotopic (exact) mass is 419 g/mol. The molecule has 0 aliphatic carbocycles. The zero-order valence-electron chi connectivity index (χ0n) is 16.9. The number of aliphatic carboxylic acids is 1. The maximum atomic E-state index is 12.7. The minimum Gasteiger partial charge on any atom is -0.479 e. The van der Waals surface area contributed by atoms with Gasteiger partial charge in [0, 0.05) is 19.4 Å². The molecule has 0 aromatic heterocycles. The Morgan fingerprint density at radius 3 is 2.33 bits per heavy atom. The summed E-state index contributed by atoms with van der Waals surface area (Å²) in [5.74, 6) is -2.15. The van der Waals surface area contributed by atoms with Crippen LogP contribution >= 0.6 is 0 Å². The molecular formula is C21H29N3O6. The summed E-state index contributed by atoms with van der Waals surface area (Å²) in [5.41, 5.74) is 2.06. The highest BCUT2D eigenvalue weighted by Gasteiger charge is 2.35. The van der Waals surface area contributed by atoms with Crippen molar-refractivity contribution >= 4 is 23.7 Å². The second-order valence-electron chi connectivity index (χ2n) is 7.38. The fourth-order valence-electron chi connectivity index (χ4n) is 3.62. The third-order valence-electron chi connectivity index (χ3n) is 5.21. The predicted molar refractivity (Wildman–Crippen MR) is 107 cm³/mol. The maximum absolute atomic E-state index is 12.7. The van der Waals surface area contributed by atoms with Crippen LogP contribution in [0.2, 0.25) is 0 Å². The van der Waals surface area contributed by atoms with Gasteiger partial charge in [-0.1, -0.05) is 43.2 Å². The molecule has 1 fully saturated rings. The van der Waals surface area contributed by atoms with Gasteiger partial charge in [-0.15, -0.1) is 0 Å². The number of carbonyl (C=O) groups is 4. The van der Waals surface area contributed by atoms with E-state index in [2.05, 4.69) is 5.32 Å². The van der Waals surface area contributed by atoms with E-state index in [1.807, 2.05) is 0 Å². The first-order valence-electron chi connectivity index (χ1n) is 10.2. The lowest BCUT2D eigenvalue weighted by Crippen LogP contribution is -2.48. The van der Waals surface area contributed by atoms with E-state index < -0.39 is 29.9 Å². The van der Waals surface area contributed by atoms with Crippen LogP contribution in [-0.4, -0.2) is 51.5 Å². The SMILES string of the molecule is O=C(CCCCCCC(=O)N1CCC[C@H]1C(=O)NC(C(=O)O)c1ccccc1)NO. The summed E-state index contributed by atoms with van der Waals surface area (Å²) in [5, 5.41) is 20.5. The van der Waals surface area contributed by atoms with Crippen LogP contribution in [0.3, 0.4) is 0 Å². The number of rotatable bonds is 11. The van der Waals surface area contributed by atoms with Crippen molar-refractivity contribution in [2.24, 2.45) is 0 Å². The number of nitrogens with one attached hydrogen (secondary N) is 2. The number of likely N-dealkylation sites (tertiary alicyclic amines) is 1. The Bertz CT molecular complexity index is 740. The molecule has 1 aliphatic rings. The van der Waals surface area contributed by atoms with Crippen molar-refractivity contribution in [2.75, 3.05) is 6.54 Å². The van der Waals surface area contributed by atoms with Crippen LogP contribution < -0.4 is 10.8 Å². The van der Waals surface area contributed by atoms with Crippen molar-refractivity contribution in [1.82, 2.24) is 15.7 Å². The zero-order valence-corrected chi connectivity index (χ0v) is 16.9. The Labute approximate surface area is 175 Å². The van der Waals surface area contributed by atoms with Crippen LogP contribution in [0.1, 0.15) is 63.0 Å². The van der Waals surface area contributed by atoms with Gasteiger partial charge in [0.2, 0.25) is 17.7 Å². The fraction of sp³-hybridized carbons (Fsp3) is 0.524. The van der Waals surface area contributed by atoms with E-state index in [9.17, 15) is 24.3 Å². The molecule has 1 unspecified atom stereocenters. The van der Waals surface area contributed by atoms with Crippen LogP contribution in [0, 0.1) is 0 Å². The Morgan fingerprint density at radius 2 is 1.70 bits per heavy atom. The van der Waals surface area contributed by atoms with E-state index in [1.165, 1.54) is 0 Å². The van der Waals surface area contributed by atoms with Crippen LogP contribution in [0.4, 0.5) is 0 Å². The molecule has 2 rings (SSSR count). The quantitative estimate of drug-likeness (QED) is 0.245. The van der Waals surface area contributed by atoms with Gasteiger partial charge in [-0.2, -0.15) is 0 Å². The highest BCUT2D eigenvalue weighted by molar-refractivity contribution is 5.91. The number of carboxylic acids is 1. The smallest absolute Gasteiger partial charge is 0.330 e. The molecule has 2 atom stereocenters. The minimum atomic E-state index is -1.16. The molecule has 4 N–H and O–H groups in total. The summed E-state index contributed by atoms with van der Waals surface area (Å²) in [4.78, 5) is 49.4. The molecule has 0 spiro atoms. The molecule has 0 radical (unpaired) electrons. The summed E-state index contributed by atoms with van der Waals surface area (Å²) < 4.78 is 0. The lowest BCUT2D eigenvalue weighted by atomic mass is 10.1. The number of carboxylic acid groups (broad SMARTS) is 1. The number of hydrogen-bond acceptors (Lipinski definition) is 5. The molecule has 30 heavy (non-hydrogen) atoms. The largest absolute Gasteiger partial charge is 0.479 e. The molecule has 0 saturated carbocycles. The van der Waals surface area contributed by atoms with E-state index in [4.69, 9.17) is 5.21 Å². The van der Waals surface area contributed by atoms with Crippen LogP contribution in [-0.2, 0) is 19.2 Å². The Kier molecular flexibility index (Phi) is 9.27. The summed E-state index contributed by atoms with van der Waals surface area (Å²) in [6, 6.07) is 6.65. The summed E-state index contributed by atoms with van der Waals surface area (Å²) in [6.45, 7) is 0.483. The van der Waals surface area contributed by atoms with Crippen molar-refractivity contribution in [3.63, 3.8) is 0 Å². The van der Waals surface area contributed by atoms with Crippen molar-refractivity contribution in [1.29, 1.82) is 0 Å². The molecular weight excluding hydrogens is 390 g/mol. The first-order valence-corrected chi connectivity index (χ1v) is 10.2. The normalized spacial score (nSPS) is 16.7. The topological polar surface area (TPSA) is 136 Å². The number of amides is 3. The van der Waals surface area contributed by atoms with Gasteiger partial charge < -0.3 is 15.3 Å². The van der Waals surface area contributed by atoms with Crippen molar-refractivity contribution in [3.05, 3.63) is 35.9 Å². The Hall–Kier alpha value is -2.94. The summed E-state index contributed by atoms with van der Waals surface area (Å²) in [7, 11) is 0. The third kappa shape index (κ3) is 6.84. The Morgan fingerprint density at radius 1 is 1.03 bits per heavy atom. The highest BCUT2D eigenvalue weighted by atomic mass is 16.5. The van der Waals surface area contributed by atoms with E-state index >= 15 is 0 Å². The molecule has 1 aromatic carbocycles. The predicted octanol–water partition coefficient (Wildman–Crippen LogP) is 1.77. The van der Waals surface area contributed by atoms with Gasteiger partial charge in [0.25, 0.3) is 0 Å². The van der Waals surface area contributed by atoms with Gasteiger partial charge in [-0.25, -0.2) is 10.3 Å². The molecule has 9 heteroatoms. The minimum absolute atomic E-state index is 0.118. The van der Waals surface area contributed by atoms with Gasteiger partial charge in [0.15, 0.2) is 6.04 Å². The summed E-state index contributed by atoms with van der Waals surface area (Å²) >= 11 is 0. The van der Waals surface area contributed by atoms with Crippen molar-refractivity contribution in [2.45, 2.75) is 63.5 Å². The first kappa shape index (κ1) is 23.3. The number of hydroxylamine groups is 1. The lowest BCUT2D eigenvalue weighted by molar-refractivity contribution is -0.144. The average Bonchev–Trinajstić information content (AvgIpc) is 3.24. The highest BCUT2D eigenvalue weighted by Crippen LogP contribution is 2.21. The molecule has 0 bridgehead atoms. The molecule has 1 heterocycles. The standard InChI is InChI=1S/C21H29N3O6/c25-17(23-30)12-6-1-2-7-13-18(26)24-14-8-11-16(24)20(27)22-19(21(28)29)15-9-4-3-5-10-15/h3-5,9-10,16,19,30H,1-2,6-8,11-14H2,(H,22,27)(H,23,25)(H,28,29)/t16-,19?/m0/s1. The van der Waals surface area contributed by atoms with Crippen molar-refractivity contribution < 1.29 is 29.5 Å². The van der Waals surface area contributed by atoms with Gasteiger partial charge in [-0.05, 0) is 31.2 Å². The maximum Gasteiger partial charge on any atom is 0.330 e. The average molecular weight is 419 g/mol. The fourth-order valence-corrected chi connectivity index (χ4v) is 3.62. The van der Waals surface area contributed by atoms with E-state index in [0.717, 1.165) is 12.8 Å². The molecule has 3 amide bonds. The second kappa shape index (κ2) is 11.9. The third-order valence-corrected chi connectivity index (χ3v) is 5.21. The number of nitrogens with zero attached hydrogens (tertiary/aromatic N) is 1. The number of benzene rings is 1. The van der Waals surface area contributed by atoms with Crippen LogP contribution in [0.25, 0.3) is 0 Å². The van der Waals surface area contributed by atoms with Gasteiger partial charge in [0.05, 0.1) is 0 Å². The molecule has 164 valence electrons. The first-order chi connectivity index (χ1) is 14.4. The molecule has 1 aromatic rings. The molecule has 9 nitrogen and oxygen atoms in total. The van der Waals surface area contributed by atoms with E-state index in [1.54, 1.807) is 40.7 Å². The number of unbranched alkanes of at least 4 members (excludes halogenated alkanes) is 3. The second-order valence-corrected chi connectivity index (χ2v) is 7.38. The van der Waals surface area contributed by atoms with Gasteiger partial charge in [0.1, 0.15) is 6.04 Å². The van der Waals surface area contributed by atoms with Gasteiger partial charge >= 0.3 is 5.97 Å². The zero-order chi connectivity index (χ0) is 21.9. The van der Waals surface area contributed by atoms with Crippen LogP contribution in [0.5, 0.6) is 0 Å².